The van der Waals surface area contributed by atoms with E-state index in [9.17, 15) is 27.6 Å². The van der Waals surface area contributed by atoms with Gasteiger partial charge in [-0.15, -0.1) is 0 Å². The Hall–Kier alpha value is -3.47. The van der Waals surface area contributed by atoms with Crippen LogP contribution in [0.4, 0.5) is 13.2 Å². The fourth-order valence-corrected chi connectivity index (χ4v) is 6.12. The van der Waals surface area contributed by atoms with Gasteiger partial charge in [-0.3, -0.25) is 24.3 Å². The van der Waals surface area contributed by atoms with E-state index in [2.05, 4.69) is 9.88 Å². The van der Waals surface area contributed by atoms with E-state index < -0.39 is 11.7 Å². The van der Waals surface area contributed by atoms with Crippen LogP contribution in [0.2, 0.25) is 0 Å². The third-order valence-corrected chi connectivity index (χ3v) is 8.22. The van der Waals surface area contributed by atoms with Gasteiger partial charge in [-0.2, -0.15) is 18.2 Å². The highest BCUT2D eigenvalue weighted by Crippen LogP contribution is 2.37. The molecule has 3 fully saturated rings. The zero-order chi connectivity index (χ0) is 27.3. The third kappa shape index (κ3) is 4.88. The zero-order valence-electron chi connectivity index (χ0n) is 21.3. The van der Waals surface area contributed by atoms with Crippen LogP contribution in [0.25, 0.3) is 0 Å². The molecule has 0 N–H and O–H groups in total. The fourth-order valence-electron chi connectivity index (χ4n) is 6.12. The molecule has 4 aliphatic rings. The summed E-state index contributed by atoms with van der Waals surface area (Å²) in [6.45, 7) is 1.58. The van der Waals surface area contributed by atoms with E-state index in [1.165, 1.54) is 11.1 Å². The van der Waals surface area contributed by atoms with Gasteiger partial charge in [0, 0.05) is 55.3 Å². The van der Waals surface area contributed by atoms with Crippen LogP contribution < -0.4 is 4.74 Å². The van der Waals surface area contributed by atoms with Gasteiger partial charge in [0.05, 0.1) is 12.1 Å². The highest BCUT2D eigenvalue weighted by atomic mass is 19.4. The summed E-state index contributed by atoms with van der Waals surface area (Å²) >= 11 is 0. The molecular weight excluding hydrogens is 513 g/mol. The minimum Gasteiger partial charge on any atom is -0.489 e. The van der Waals surface area contributed by atoms with E-state index in [4.69, 9.17) is 4.74 Å². The maximum atomic E-state index is 13.0. The van der Waals surface area contributed by atoms with E-state index in [1.807, 2.05) is 6.07 Å². The minimum absolute atomic E-state index is 0.0585. The molecule has 11 heteroatoms. The molecule has 0 bridgehead atoms. The van der Waals surface area contributed by atoms with Crippen molar-refractivity contribution in [1.29, 1.82) is 0 Å². The van der Waals surface area contributed by atoms with Gasteiger partial charge in [0.2, 0.25) is 11.8 Å². The van der Waals surface area contributed by atoms with Gasteiger partial charge >= 0.3 is 6.18 Å². The SMILES string of the molecule is O=C1c2ccc(O[C@@H]3CCCC[C@@H]3N3CC(c4ccc(C(F)(F)F)cn4)C3)cc2CN1N1C(=O)CCCC1=O. The number of amides is 3. The Balaban J connectivity index is 1.11. The highest BCUT2D eigenvalue weighted by Gasteiger charge is 2.42. The molecule has 3 aliphatic heterocycles. The number of carbonyl (C=O) groups is 3. The summed E-state index contributed by atoms with van der Waals surface area (Å²) in [6, 6.07) is 8.02. The number of alkyl halides is 3. The number of hydrazine groups is 1. The van der Waals surface area contributed by atoms with Gasteiger partial charge in [-0.05, 0) is 61.6 Å². The van der Waals surface area contributed by atoms with Crippen LogP contribution in [-0.2, 0) is 22.3 Å². The van der Waals surface area contributed by atoms with Crippen molar-refractivity contribution < 1.29 is 32.3 Å². The number of fused-ring (bicyclic) bond motifs is 1. The molecule has 0 unspecified atom stereocenters. The highest BCUT2D eigenvalue weighted by molar-refractivity contribution is 6.04. The lowest BCUT2D eigenvalue weighted by Gasteiger charge is -2.48. The average Bonchev–Trinajstić information content (AvgIpc) is 3.19. The summed E-state index contributed by atoms with van der Waals surface area (Å²) in [5.41, 5.74) is 1.11. The number of halogens is 3. The summed E-state index contributed by atoms with van der Waals surface area (Å²) < 4.78 is 45.0. The Bertz CT molecular complexity index is 1280. The molecule has 1 aliphatic carbocycles. The first-order chi connectivity index (χ1) is 18.7. The second-order valence-corrected chi connectivity index (χ2v) is 10.8. The number of hydrogen-bond acceptors (Lipinski definition) is 6. The largest absolute Gasteiger partial charge is 0.489 e. The van der Waals surface area contributed by atoms with Crippen LogP contribution in [0.1, 0.15) is 78.0 Å². The quantitative estimate of drug-likeness (QED) is 0.524. The lowest BCUT2D eigenvalue weighted by atomic mass is 9.85. The molecule has 6 rings (SSSR count). The van der Waals surface area contributed by atoms with Gasteiger partial charge in [-0.25, -0.2) is 5.01 Å². The number of aromatic nitrogens is 1. The Morgan fingerprint density at radius 3 is 2.36 bits per heavy atom. The molecule has 3 amide bonds. The predicted octanol–water partition coefficient (Wildman–Crippen LogP) is 4.30. The van der Waals surface area contributed by atoms with E-state index in [0.717, 1.165) is 43.0 Å². The second-order valence-electron chi connectivity index (χ2n) is 10.8. The molecule has 4 heterocycles. The van der Waals surface area contributed by atoms with Crippen molar-refractivity contribution in [2.75, 3.05) is 13.1 Å². The van der Waals surface area contributed by atoms with Crippen molar-refractivity contribution in [2.45, 2.75) is 75.7 Å². The Kier molecular flexibility index (Phi) is 6.57. The molecule has 1 aromatic heterocycles. The number of ether oxygens (including phenoxy) is 1. The molecule has 1 aromatic carbocycles. The number of pyridine rings is 1. The van der Waals surface area contributed by atoms with Crippen LogP contribution >= 0.6 is 0 Å². The first-order valence-corrected chi connectivity index (χ1v) is 13.4. The number of benzene rings is 1. The molecular formula is C28H29F3N4O4. The predicted molar refractivity (Wildman–Crippen MR) is 132 cm³/mol. The Morgan fingerprint density at radius 1 is 0.923 bits per heavy atom. The topological polar surface area (TPSA) is 83.1 Å². The smallest absolute Gasteiger partial charge is 0.417 e. The monoisotopic (exact) mass is 542 g/mol. The van der Waals surface area contributed by atoms with Crippen molar-refractivity contribution in [2.24, 2.45) is 0 Å². The summed E-state index contributed by atoms with van der Waals surface area (Å²) in [6.07, 6.45) is 1.41. The van der Waals surface area contributed by atoms with E-state index in [0.29, 0.717) is 42.1 Å². The number of likely N-dealkylation sites (tertiary alicyclic amines) is 1. The maximum absolute atomic E-state index is 13.0. The van der Waals surface area contributed by atoms with E-state index in [-0.39, 0.29) is 55.2 Å². The minimum atomic E-state index is -4.39. The Labute approximate surface area is 223 Å². The maximum Gasteiger partial charge on any atom is 0.417 e. The van der Waals surface area contributed by atoms with Crippen LogP contribution in [0.5, 0.6) is 5.75 Å². The summed E-state index contributed by atoms with van der Waals surface area (Å²) in [5.74, 6) is -0.342. The zero-order valence-corrected chi connectivity index (χ0v) is 21.3. The molecule has 2 saturated heterocycles. The number of rotatable bonds is 5. The standard InChI is InChI=1S/C28H29F3N4O4/c29-28(30,31)19-8-11-22(32-13-19)18-14-33(15-18)23-4-1-2-5-24(23)39-20-9-10-21-17(12-20)16-34(27(21)38)35-25(36)6-3-7-26(35)37/h8-13,18,23-24H,1-7,14-16H2/t23-,24+/m0/s1. The number of nitrogens with zero attached hydrogens (tertiary/aromatic N) is 4. The molecule has 39 heavy (non-hydrogen) atoms. The molecule has 0 radical (unpaired) electrons. The van der Waals surface area contributed by atoms with Crippen LogP contribution in [0, 0.1) is 0 Å². The van der Waals surface area contributed by atoms with E-state index in [1.54, 1.807) is 12.1 Å². The van der Waals surface area contributed by atoms with Crippen molar-refractivity contribution in [1.82, 2.24) is 19.9 Å². The van der Waals surface area contributed by atoms with Gasteiger partial charge in [-0.1, -0.05) is 6.42 Å². The fraction of sp³-hybridized carbons (Fsp3) is 0.500. The number of hydrogen-bond donors (Lipinski definition) is 0. The van der Waals surface area contributed by atoms with Gasteiger partial charge in [0.15, 0.2) is 0 Å². The average molecular weight is 543 g/mol. The Morgan fingerprint density at radius 2 is 1.67 bits per heavy atom. The first kappa shape index (κ1) is 25.8. The van der Waals surface area contributed by atoms with Crippen LogP contribution in [0.15, 0.2) is 36.5 Å². The summed E-state index contributed by atoms with van der Waals surface area (Å²) in [4.78, 5) is 44.1. The number of piperidine rings is 1. The van der Waals surface area contributed by atoms with Crippen molar-refractivity contribution in [3.05, 3.63) is 58.9 Å². The molecule has 206 valence electrons. The van der Waals surface area contributed by atoms with Gasteiger partial charge < -0.3 is 4.74 Å². The van der Waals surface area contributed by atoms with Crippen molar-refractivity contribution in [3.63, 3.8) is 0 Å². The third-order valence-electron chi connectivity index (χ3n) is 8.22. The molecule has 2 atom stereocenters. The molecule has 1 saturated carbocycles. The van der Waals surface area contributed by atoms with Crippen molar-refractivity contribution in [3.8, 4) is 5.75 Å². The van der Waals surface area contributed by atoms with Crippen LogP contribution in [0.3, 0.4) is 0 Å². The summed E-state index contributed by atoms with van der Waals surface area (Å²) in [7, 11) is 0. The van der Waals surface area contributed by atoms with Crippen LogP contribution in [-0.4, -0.2) is 62.9 Å². The molecule has 8 nitrogen and oxygen atoms in total. The lowest BCUT2D eigenvalue weighted by molar-refractivity contribution is -0.163. The number of imide groups is 1. The lowest BCUT2D eigenvalue weighted by Crippen LogP contribution is -2.57. The first-order valence-electron chi connectivity index (χ1n) is 13.4. The molecule has 0 spiro atoms. The molecule has 2 aromatic rings. The summed E-state index contributed by atoms with van der Waals surface area (Å²) in [5, 5.41) is 2.23. The van der Waals surface area contributed by atoms with Gasteiger partial charge in [0.1, 0.15) is 11.9 Å². The van der Waals surface area contributed by atoms with Gasteiger partial charge in [0.25, 0.3) is 5.91 Å². The normalized spacial score (nSPS) is 24.6. The number of carbonyl (C=O) groups excluding carboxylic acids is 3. The van der Waals surface area contributed by atoms with E-state index >= 15 is 0 Å². The second kappa shape index (κ2) is 9.93. The van der Waals surface area contributed by atoms with Crippen molar-refractivity contribution >= 4 is 17.7 Å².